The maximum atomic E-state index is 11.3. The van der Waals surface area contributed by atoms with Gasteiger partial charge < -0.3 is 14.8 Å². The van der Waals surface area contributed by atoms with Crippen molar-refractivity contribution in [1.29, 1.82) is 0 Å². The molecule has 0 bridgehead atoms. The normalized spacial score (nSPS) is 13.9. The fourth-order valence-corrected chi connectivity index (χ4v) is 1.44. The number of para-hydroxylation sites is 1. The minimum Gasteiger partial charge on any atom is -0.478 e. The lowest BCUT2D eigenvalue weighted by Crippen LogP contribution is -2.39. The van der Waals surface area contributed by atoms with Crippen LogP contribution in [0.3, 0.4) is 0 Å². The fourth-order valence-electron chi connectivity index (χ4n) is 1.44. The van der Waals surface area contributed by atoms with Crippen LogP contribution >= 0.6 is 0 Å². The third-order valence-corrected chi connectivity index (χ3v) is 2.42. The first kappa shape index (κ1) is 11.2. The van der Waals surface area contributed by atoms with Crippen molar-refractivity contribution in [2.45, 2.75) is 12.5 Å². The largest absolute Gasteiger partial charge is 0.478 e. The Bertz CT molecular complexity index is 496. The smallest absolute Gasteiger partial charge is 0.355 e. The third-order valence-electron chi connectivity index (χ3n) is 2.42. The number of carboxylic acids is 1. The molecule has 0 spiro atoms. The Hall–Kier alpha value is -2.30. The zero-order valence-electron chi connectivity index (χ0n) is 9.25. The summed E-state index contributed by atoms with van der Waals surface area (Å²) in [6.45, 7) is 1.46. The molecule has 2 rings (SSSR count). The number of nitrogens with one attached hydrogen (secondary N) is 1. The van der Waals surface area contributed by atoms with Crippen LogP contribution in [0.15, 0.2) is 42.7 Å². The second-order valence-electron chi connectivity index (χ2n) is 3.69. The predicted octanol–water partition coefficient (Wildman–Crippen LogP) is 1.79. The monoisotopic (exact) mass is 232 g/mol. The van der Waals surface area contributed by atoms with E-state index in [-0.39, 0.29) is 5.82 Å². The highest BCUT2D eigenvalue weighted by atomic mass is 16.5. The van der Waals surface area contributed by atoms with Crippen LogP contribution in [0.5, 0.6) is 5.75 Å². The summed E-state index contributed by atoms with van der Waals surface area (Å²) >= 11 is 0. The highest BCUT2D eigenvalue weighted by Gasteiger charge is 2.40. The molecule has 2 aromatic rings. The number of aromatic amines is 1. The van der Waals surface area contributed by atoms with Crippen molar-refractivity contribution in [3.63, 3.8) is 0 Å². The molecule has 5 heteroatoms. The van der Waals surface area contributed by atoms with Crippen molar-refractivity contribution in [3.8, 4) is 5.75 Å². The summed E-state index contributed by atoms with van der Waals surface area (Å²) in [4.78, 5) is 18.0. The molecule has 1 atom stereocenters. The SMILES string of the molecule is CC(Oc1ccccc1)(C(=O)O)c1ncc[nH]1. The Morgan fingerprint density at radius 2 is 2.12 bits per heavy atom. The van der Waals surface area contributed by atoms with Crippen LogP contribution in [-0.4, -0.2) is 21.0 Å². The molecule has 88 valence electrons. The molecule has 17 heavy (non-hydrogen) atoms. The van der Waals surface area contributed by atoms with Crippen molar-refractivity contribution >= 4 is 5.97 Å². The van der Waals surface area contributed by atoms with Gasteiger partial charge in [-0.05, 0) is 19.1 Å². The number of hydrogen-bond donors (Lipinski definition) is 2. The van der Waals surface area contributed by atoms with Gasteiger partial charge in [0.1, 0.15) is 5.75 Å². The van der Waals surface area contributed by atoms with Gasteiger partial charge in [0.2, 0.25) is 0 Å². The van der Waals surface area contributed by atoms with Gasteiger partial charge in [0.25, 0.3) is 5.60 Å². The Labute approximate surface area is 98.1 Å². The number of carboxylic acid groups (broad SMARTS) is 1. The summed E-state index contributed by atoms with van der Waals surface area (Å²) < 4.78 is 5.51. The summed E-state index contributed by atoms with van der Waals surface area (Å²) in [5.74, 6) is -0.362. The number of hydrogen-bond acceptors (Lipinski definition) is 3. The number of aromatic nitrogens is 2. The molecule has 0 aliphatic carbocycles. The van der Waals surface area contributed by atoms with Crippen LogP contribution in [0, 0.1) is 0 Å². The maximum absolute atomic E-state index is 11.3. The van der Waals surface area contributed by atoms with E-state index < -0.39 is 11.6 Å². The number of imidazole rings is 1. The Balaban J connectivity index is 2.34. The molecule has 0 fully saturated rings. The van der Waals surface area contributed by atoms with Gasteiger partial charge in [0.05, 0.1) is 0 Å². The number of H-pyrrole nitrogens is 1. The molecule has 0 saturated heterocycles. The number of nitrogens with zero attached hydrogens (tertiary/aromatic N) is 1. The second-order valence-corrected chi connectivity index (χ2v) is 3.69. The number of ether oxygens (including phenoxy) is 1. The van der Waals surface area contributed by atoms with Crippen molar-refractivity contribution < 1.29 is 14.6 Å². The van der Waals surface area contributed by atoms with Crippen molar-refractivity contribution in [3.05, 3.63) is 48.5 Å². The van der Waals surface area contributed by atoms with Gasteiger partial charge in [-0.25, -0.2) is 9.78 Å². The molecule has 0 aliphatic heterocycles. The van der Waals surface area contributed by atoms with Crippen LogP contribution in [0.25, 0.3) is 0 Å². The lowest BCUT2D eigenvalue weighted by Gasteiger charge is -2.24. The molecule has 0 saturated carbocycles. The molecular formula is C12H12N2O3. The number of aliphatic carboxylic acids is 1. The average Bonchev–Trinajstić information content (AvgIpc) is 2.84. The first-order chi connectivity index (χ1) is 8.13. The van der Waals surface area contributed by atoms with Crippen LogP contribution in [0.4, 0.5) is 0 Å². The molecule has 0 radical (unpaired) electrons. The van der Waals surface area contributed by atoms with Crippen molar-refractivity contribution in [2.75, 3.05) is 0 Å². The number of carbonyl (C=O) groups is 1. The van der Waals surface area contributed by atoms with Gasteiger partial charge in [0, 0.05) is 12.4 Å². The predicted molar refractivity (Wildman–Crippen MR) is 60.6 cm³/mol. The van der Waals surface area contributed by atoms with Gasteiger partial charge in [0.15, 0.2) is 5.82 Å². The average molecular weight is 232 g/mol. The molecule has 0 amide bonds. The Kier molecular flexibility index (Phi) is 2.82. The van der Waals surface area contributed by atoms with Gasteiger partial charge in [-0.15, -0.1) is 0 Å². The molecule has 0 aliphatic rings. The van der Waals surface area contributed by atoms with E-state index in [9.17, 15) is 9.90 Å². The van der Waals surface area contributed by atoms with Crippen LogP contribution < -0.4 is 4.74 Å². The van der Waals surface area contributed by atoms with E-state index in [1.807, 2.05) is 6.07 Å². The van der Waals surface area contributed by atoms with Crippen LogP contribution in [0.1, 0.15) is 12.7 Å². The Morgan fingerprint density at radius 3 is 2.65 bits per heavy atom. The minimum absolute atomic E-state index is 0.258. The van der Waals surface area contributed by atoms with Gasteiger partial charge in [-0.1, -0.05) is 18.2 Å². The first-order valence-electron chi connectivity index (χ1n) is 5.10. The van der Waals surface area contributed by atoms with Gasteiger partial charge >= 0.3 is 5.97 Å². The zero-order chi connectivity index (χ0) is 12.3. The van der Waals surface area contributed by atoms with Crippen LogP contribution in [0.2, 0.25) is 0 Å². The third kappa shape index (κ3) is 2.13. The standard InChI is InChI=1S/C12H12N2O3/c1-12(11(15)16,10-13-7-8-14-10)17-9-5-3-2-4-6-9/h2-8H,1H3,(H,13,14)(H,15,16). The quantitative estimate of drug-likeness (QED) is 0.842. The van der Waals surface area contributed by atoms with Crippen LogP contribution in [-0.2, 0) is 10.4 Å². The summed E-state index contributed by atoms with van der Waals surface area (Å²) in [6.07, 6.45) is 3.05. The summed E-state index contributed by atoms with van der Waals surface area (Å²) in [6, 6.07) is 8.78. The molecule has 5 nitrogen and oxygen atoms in total. The minimum atomic E-state index is -1.52. The zero-order valence-corrected chi connectivity index (χ0v) is 9.25. The molecule has 1 aromatic heterocycles. The maximum Gasteiger partial charge on any atom is 0.355 e. The second kappa shape index (κ2) is 4.29. The molecule has 1 heterocycles. The van der Waals surface area contributed by atoms with Gasteiger partial charge in [-0.2, -0.15) is 0 Å². The van der Waals surface area contributed by atoms with E-state index >= 15 is 0 Å². The van der Waals surface area contributed by atoms with Crippen molar-refractivity contribution in [1.82, 2.24) is 9.97 Å². The lowest BCUT2D eigenvalue weighted by atomic mass is 10.1. The highest BCUT2D eigenvalue weighted by Crippen LogP contribution is 2.25. The lowest BCUT2D eigenvalue weighted by molar-refractivity contribution is -0.155. The number of rotatable bonds is 4. The topological polar surface area (TPSA) is 75.2 Å². The molecule has 2 N–H and O–H groups in total. The number of benzene rings is 1. The van der Waals surface area contributed by atoms with E-state index in [2.05, 4.69) is 9.97 Å². The van der Waals surface area contributed by atoms with Crippen molar-refractivity contribution in [2.24, 2.45) is 0 Å². The summed E-state index contributed by atoms with van der Waals surface area (Å²) in [5, 5.41) is 9.28. The highest BCUT2D eigenvalue weighted by molar-refractivity contribution is 5.78. The van der Waals surface area contributed by atoms with E-state index in [0.717, 1.165) is 0 Å². The van der Waals surface area contributed by atoms with E-state index in [1.54, 1.807) is 30.5 Å². The Morgan fingerprint density at radius 1 is 1.41 bits per heavy atom. The first-order valence-corrected chi connectivity index (χ1v) is 5.10. The molecule has 1 aromatic carbocycles. The summed E-state index contributed by atoms with van der Waals surface area (Å²) in [5.41, 5.74) is -1.52. The molecular weight excluding hydrogens is 220 g/mol. The van der Waals surface area contributed by atoms with E-state index in [0.29, 0.717) is 5.75 Å². The fraction of sp³-hybridized carbons (Fsp3) is 0.167. The summed E-state index contributed by atoms with van der Waals surface area (Å²) in [7, 11) is 0. The van der Waals surface area contributed by atoms with E-state index in [4.69, 9.17) is 4.74 Å². The van der Waals surface area contributed by atoms with Gasteiger partial charge in [-0.3, -0.25) is 0 Å². The molecule has 1 unspecified atom stereocenters. The van der Waals surface area contributed by atoms with E-state index in [1.165, 1.54) is 13.1 Å².